The van der Waals surface area contributed by atoms with Crippen LogP contribution in [0.4, 0.5) is 0 Å². The first-order valence-corrected chi connectivity index (χ1v) is 8.95. The Morgan fingerprint density at radius 2 is 1.89 bits per heavy atom. The van der Waals surface area contributed by atoms with Gasteiger partial charge in [0, 0.05) is 41.7 Å². The van der Waals surface area contributed by atoms with Crippen LogP contribution in [0.1, 0.15) is 16.2 Å². The monoisotopic (exact) mass is 393 g/mol. The Balaban J connectivity index is 1.45. The van der Waals surface area contributed by atoms with E-state index < -0.39 is 0 Å². The highest BCUT2D eigenvalue weighted by atomic mass is 35.5. The quantitative estimate of drug-likeness (QED) is 0.481. The van der Waals surface area contributed by atoms with E-state index in [0.717, 1.165) is 11.1 Å². The summed E-state index contributed by atoms with van der Waals surface area (Å²) >= 11 is 5.92. The summed E-state index contributed by atoms with van der Waals surface area (Å²) in [5.41, 5.74) is 1.91. The number of aromatic nitrogens is 2. The summed E-state index contributed by atoms with van der Waals surface area (Å²) in [5.74, 6) is 1.61. The summed E-state index contributed by atoms with van der Waals surface area (Å²) < 4.78 is 11.1. The highest BCUT2D eigenvalue weighted by Crippen LogP contribution is 2.25. The summed E-state index contributed by atoms with van der Waals surface area (Å²) in [6, 6.07) is 16.3. The van der Waals surface area contributed by atoms with Crippen LogP contribution in [-0.4, -0.2) is 28.0 Å². The van der Waals surface area contributed by atoms with Gasteiger partial charge in [0.15, 0.2) is 11.5 Å². The van der Waals surface area contributed by atoms with Crippen LogP contribution in [0.5, 0.6) is 0 Å². The van der Waals surface area contributed by atoms with Crippen LogP contribution in [0.2, 0.25) is 5.02 Å². The Bertz CT molecular complexity index is 1090. The van der Waals surface area contributed by atoms with Gasteiger partial charge in [-0.1, -0.05) is 16.8 Å². The van der Waals surface area contributed by atoms with Crippen molar-refractivity contribution in [2.75, 3.05) is 7.05 Å². The minimum atomic E-state index is -0.261. The zero-order valence-electron chi connectivity index (χ0n) is 15.0. The number of furan rings is 1. The van der Waals surface area contributed by atoms with Crippen molar-refractivity contribution in [3.63, 3.8) is 0 Å². The second kappa shape index (κ2) is 7.70. The molecule has 0 unspecified atom stereocenters. The third kappa shape index (κ3) is 3.82. The van der Waals surface area contributed by atoms with Gasteiger partial charge < -0.3 is 13.8 Å². The van der Waals surface area contributed by atoms with Crippen molar-refractivity contribution in [2.45, 2.75) is 6.54 Å². The van der Waals surface area contributed by atoms with Gasteiger partial charge in [0.2, 0.25) is 0 Å². The van der Waals surface area contributed by atoms with Crippen LogP contribution in [0.15, 0.2) is 75.9 Å². The van der Waals surface area contributed by atoms with E-state index >= 15 is 0 Å². The van der Waals surface area contributed by atoms with Crippen LogP contribution in [0, 0.1) is 0 Å². The molecule has 4 aromatic rings. The van der Waals surface area contributed by atoms with E-state index in [1.165, 1.54) is 4.90 Å². The number of pyridine rings is 1. The number of rotatable bonds is 5. The lowest BCUT2D eigenvalue weighted by Crippen LogP contribution is -2.26. The molecule has 28 heavy (non-hydrogen) atoms. The van der Waals surface area contributed by atoms with Crippen molar-refractivity contribution in [2.24, 2.45) is 0 Å². The molecule has 140 valence electrons. The van der Waals surface area contributed by atoms with E-state index in [-0.39, 0.29) is 11.6 Å². The Morgan fingerprint density at radius 3 is 2.64 bits per heavy atom. The number of amides is 1. The van der Waals surface area contributed by atoms with Crippen molar-refractivity contribution in [1.29, 1.82) is 0 Å². The van der Waals surface area contributed by atoms with E-state index in [1.807, 2.05) is 30.3 Å². The third-order valence-corrected chi connectivity index (χ3v) is 4.46. The molecular formula is C21H16ClN3O3. The maximum Gasteiger partial charge on any atom is 0.276 e. The van der Waals surface area contributed by atoms with Gasteiger partial charge in [0.25, 0.3) is 5.91 Å². The topological polar surface area (TPSA) is 72.4 Å². The second-order valence-corrected chi connectivity index (χ2v) is 6.69. The molecule has 7 heteroatoms. The summed E-state index contributed by atoms with van der Waals surface area (Å²) in [4.78, 5) is 18.2. The van der Waals surface area contributed by atoms with Crippen LogP contribution in [0.25, 0.3) is 22.6 Å². The number of carbonyl (C=O) groups excluding carboxylic acids is 1. The molecule has 0 N–H and O–H groups in total. The van der Waals surface area contributed by atoms with Crippen LogP contribution < -0.4 is 0 Å². The molecule has 0 spiro atoms. The fourth-order valence-electron chi connectivity index (χ4n) is 2.75. The lowest BCUT2D eigenvalue weighted by atomic mass is 10.2. The fourth-order valence-corrected chi connectivity index (χ4v) is 2.88. The number of hydrogen-bond acceptors (Lipinski definition) is 5. The Morgan fingerprint density at radius 1 is 1.07 bits per heavy atom. The predicted octanol–water partition coefficient (Wildman–Crippen LogP) is 4.92. The highest BCUT2D eigenvalue weighted by molar-refractivity contribution is 6.30. The van der Waals surface area contributed by atoms with Gasteiger partial charge in [-0.2, -0.15) is 0 Å². The first-order chi connectivity index (χ1) is 13.6. The summed E-state index contributed by atoms with van der Waals surface area (Å²) in [6.07, 6.45) is 3.32. The van der Waals surface area contributed by atoms with Crippen LogP contribution >= 0.6 is 11.6 Å². The standard InChI is InChI=1S/C21H16ClN3O3/c1-25(13-17-8-9-19(27-17)14-4-6-16(22)7-5-14)21(26)18-11-20(28-24-18)15-3-2-10-23-12-15/h2-12H,13H2,1H3. The molecule has 0 aliphatic rings. The van der Waals surface area contributed by atoms with Gasteiger partial charge in [0.05, 0.1) is 6.54 Å². The largest absolute Gasteiger partial charge is 0.459 e. The molecule has 0 bridgehead atoms. The summed E-state index contributed by atoms with van der Waals surface area (Å²) in [5, 5.41) is 4.54. The van der Waals surface area contributed by atoms with Crippen LogP contribution in [0.3, 0.4) is 0 Å². The molecule has 0 fully saturated rings. The smallest absolute Gasteiger partial charge is 0.276 e. The van der Waals surface area contributed by atoms with Crippen LogP contribution in [-0.2, 0) is 6.54 Å². The average Bonchev–Trinajstić information content (AvgIpc) is 3.39. The molecule has 3 heterocycles. The number of nitrogens with zero attached hydrogens (tertiary/aromatic N) is 3. The number of halogens is 1. The Hall–Kier alpha value is -3.38. The van der Waals surface area contributed by atoms with E-state index in [4.69, 9.17) is 20.5 Å². The molecule has 0 aliphatic heterocycles. The van der Waals surface area contributed by atoms with E-state index in [1.54, 1.807) is 43.7 Å². The molecule has 1 aromatic carbocycles. The zero-order chi connectivity index (χ0) is 19.5. The minimum Gasteiger partial charge on any atom is -0.459 e. The molecule has 4 rings (SSSR count). The molecule has 0 atom stereocenters. The maximum atomic E-state index is 12.6. The van der Waals surface area contributed by atoms with Crippen molar-refractivity contribution < 1.29 is 13.7 Å². The number of benzene rings is 1. The van der Waals surface area contributed by atoms with E-state index in [2.05, 4.69) is 10.1 Å². The van der Waals surface area contributed by atoms with Crippen molar-refractivity contribution >= 4 is 17.5 Å². The SMILES string of the molecule is CN(Cc1ccc(-c2ccc(Cl)cc2)o1)C(=O)c1cc(-c2cccnc2)on1. The van der Waals surface area contributed by atoms with Gasteiger partial charge in [0.1, 0.15) is 11.5 Å². The summed E-state index contributed by atoms with van der Waals surface area (Å²) in [7, 11) is 1.69. The van der Waals surface area contributed by atoms with Crippen molar-refractivity contribution in [3.8, 4) is 22.6 Å². The first kappa shape index (κ1) is 18.0. The van der Waals surface area contributed by atoms with Crippen molar-refractivity contribution in [1.82, 2.24) is 15.0 Å². The minimum absolute atomic E-state index is 0.228. The second-order valence-electron chi connectivity index (χ2n) is 6.25. The van der Waals surface area contributed by atoms with Crippen molar-refractivity contribution in [3.05, 3.63) is 83.5 Å². The highest BCUT2D eigenvalue weighted by Gasteiger charge is 2.19. The molecule has 3 aromatic heterocycles. The lowest BCUT2D eigenvalue weighted by molar-refractivity contribution is 0.0765. The Kier molecular flexibility index (Phi) is 4.95. The molecule has 6 nitrogen and oxygen atoms in total. The zero-order valence-corrected chi connectivity index (χ0v) is 15.8. The van der Waals surface area contributed by atoms with Gasteiger partial charge in [-0.25, -0.2) is 0 Å². The molecule has 0 aliphatic carbocycles. The lowest BCUT2D eigenvalue weighted by Gasteiger charge is -2.13. The Labute approximate surface area is 166 Å². The average molecular weight is 394 g/mol. The molecule has 0 radical (unpaired) electrons. The fraction of sp³-hybridized carbons (Fsp3) is 0.0952. The third-order valence-electron chi connectivity index (χ3n) is 4.21. The summed E-state index contributed by atoms with van der Waals surface area (Å²) in [6.45, 7) is 0.307. The predicted molar refractivity (Wildman–Crippen MR) is 105 cm³/mol. The van der Waals surface area contributed by atoms with Gasteiger partial charge in [-0.15, -0.1) is 0 Å². The molecule has 0 saturated heterocycles. The molecular weight excluding hydrogens is 378 g/mol. The number of hydrogen-bond donors (Lipinski definition) is 0. The number of carbonyl (C=O) groups is 1. The maximum absolute atomic E-state index is 12.6. The van der Waals surface area contributed by atoms with Gasteiger partial charge in [-0.3, -0.25) is 9.78 Å². The van der Waals surface area contributed by atoms with Gasteiger partial charge in [-0.05, 0) is 48.5 Å². The first-order valence-electron chi connectivity index (χ1n) is 8.57. The van der Waals surface area contributed by atoms with E-state index in [9.17, 15) is 4.79 Å². The molecule has 0 saturated carbocycles. The van der Waals surface area contributed by atoms with E-state index in [0.29, 0.717) is 28.8 Å². The normalized spacial score (nSPS) is 10.8. The van der Waals surface area contributed by atoms with Gasteiger partial charge >= 0.3 is 0 Å². The molecule has 1 amide bonds.